The lowest BCUT2D eigenvalue weighted by molar-refractivity contribution is 0.285. The summed E-state index contributed by atoms with van der Waals surface area (Å²) in [4.78, 5) is 6.64. The highest BCUT2D eigenvalue weighted by Gasteiger charge is 2.07. The molecule has 5 heteroatoms. The Kier molecular flexibility index (Phi) is 6.77. The molecule has 26 heavy (non-hydrogen) atoms. The molecule has 1 heterocycles. The monoisotopic (exact) mass is 367 g/mol. The highest BCUT2D eigenvalue weighted by Crippen LogP contribution is 2.22. The van der Waals surface area contributed by atoms with Crippen LogP contribution in [0.25, 0.3) is 11.3 Å². The lowest BCUT2D eigenvalue weighted by Crippen LogP contribution is -2.27. The van der Waals surface area contributed by atoms with Crippen molar-refractivity contribution in [2.45, 2.75) is 13.2 Å². The zero-order valence-corrected chi connectivity index (χ0v) is 16.1. The minimum absolute atomic E-state index is 0.564. The van der Waals surface area contributed by atoms with Crippen molar-refractivity contribution in [2.75, 3.05) is 27.2 Å². The first-order valence-electron chi connectivity index (χ1n) is 8.77. The van der Waals surface area contributed by atoms with Crippen LogP contribution in [-0.2, 0) is 13.2 Å². The predicted octanol–water partition coefficient (Wildman–Crippen LogP) is 4.04. The van der Waals surface area contributed by atoms with Gasteiger partial charge in [0, 0.05) is 36.1 Å². The molecule has 0 aliphatic rings. The topological polar surface area (TPSA) is 37.4 Å². The van der Waals surface area contributed by atoms with E-state index in [1.807, 2.05) is 24.7 Å². The molecule has 2 aromatic carbocycles. The lowest BCUT2D eigenvalue weighted by Gasteiger charge is -2.19. The molecule has 1 aromatic heterocycles. The van der Waals surface area contributed by atoms with E-state index in [9.17, 15) is 0 Å². The van der Waals surface area contributed by atoms with Gasteiger partial charge in [0.1, 0.15) is 12.4 Å². The van der Waals surface area contributed by atoms with Gasteiger partial charge in [-0.3, -0.25) is 0 Å². The zero-order chi connectivity index (χ0) is 18.2. The van der Waals surface area contributed by atoms with E-state index in [4.69, 9.17) is 4.74 Å². The number of ether oxygens (including phenoxy) is 1. The summed E-state index contributed by atoms with van der Waals surface area (Å²) in [5.41, 5.74) is 6.39. The number of likely N-dealkylation sites (N-methyl/N-ethyl adjacent to an activating group) is 2. The van der Waals surface area contributed by atoms with Crippen LogP contribution in [0, 0.1) is 0 Å². The first-order valence-corrected chi connectivity index (χ1v) is 9.72. The van der Waals surface area contributed by atoms with Crippen molar-refractivity contribution < 1.29 is 4.74 Å². The molecule has 0 aliphatic heterocycles. The van der Waals surface area contributed by atoms with E-state index < -0.39 is 0 Å². The number of rotatable bonds is 9. The molecule has 3 aromatic rings. The summed E-state index contributed by atoms with van der Waals surface area (Å²) >= 11 is 1.61. The highest BCUT2D eigenvalue weighted by atomic mass is 32.1. The van der Waals surface area contributed by atoms with Gasteiger partial charge in [-0.25, -0.2) is 4.98 Å². The molecule has 0 saturated heterocycles. The number of hydrogen-bond acceptors (Lipinski definition) is 5. The van der Waals surface area contributed by atoms with E-state index in [-0.39, 0.29) is 0 Å². The Bertz CT molecular complexity index is 787. The Balaban J connectivity index is 1.61. The van der Waals surface area contributed by atoms with Gasteiger partial charge < -0.3 is 15.0 Å². The summed E-state index contributed by atoms with van der Waals surface area (Å²) in [6, 6.07) is 16.7. The molecule has 0 unspecified atom stereocenters. The number of nitrogens with zero attached hydrogens (tertiary/aromatic N) is 2. The van der Waals surface area contributed by atoms with Gasteiger partial charge in [0.15, 0.2) is 0 Å². The zero-order valence-electron chi connectivity index (χ0n) is 15.3. The third-order valence-electron chi connectivity index (χ3n) is 4.23. The third kappa shape index (κ3) is 5.14. The predicted molar refractivity (Wildman–Crippen MR) is 109 cm³/mol. The van der Waals surface area contributed by atoms with Crippen molar-refractivity contribution in [3.63, 3.8) is 0 Å². The lowest BCUT2D eigenvalue weighted by atomic mass is 10.1. The van der Waals surface area contributed by atoms with Crippen LogP contribution in [0.3, 0.4) is 0 Å². The Labute approximate surface area is 159 Å². The van der Waals surface area contributed by atoms with E-state index in [0.717, 1.165) is 42.2 Å². The van der Waals surface area contributed by atoms with Crippen LogP contribution < -0.4 is 10.1 Å². The third-order valence-corrected chi connectivity index (χ3v) is 4.82. The SMILES string of the molecule is CNCCN(C)Cc1ccccc1OCc1ccc(-c2cscn2)cc1. The molecule has 0 aliphatic carbocycles. The molecule has 4 nitrogen and oxygen atoms in total. The maximum atomic E-state index is 6.10. The van der Waals surface area contributed by atoms with Crippen LogP contribution in [0.1, 0.15) is 11.1 Å². The molecule has 0 spiro atoms. The minimum atomic E-state index is 0.564. The van der Waals surface area contributed by atoms with E-state index in [0.29, 0.717) is 6.61 Å². The van der Waals surface area contributed by atoms with Crippen LogP contribution in [0.2, 0.25) is 0 Å². The van der Waals surface area contributed by atoms with Crippen LogP contribution >= 0.6 is 11.3 Å². The van der Waals surface area contributed by atoms with Gasteiger partial charge in [-0.1, -0.05) is 42.5 Å². The van der Waals surface area contributed by atoms with Gasteiger partial charge in [-0.15, -0.1) is 11.3 Å². The summed E-state index contributed by atoms with van der Waals surface area (Å²) in [6.45, 7) is 3.42. The molecule has 3 rings (SSSR count). The first kappa shape index (κ1) is 18.6. The van der Waals surface area contributed by atoms with Crippen molar-refractivity contribution in [1.29, 1.82) is 0 Å². The van der Waals surface area contributed by atoms with Gasteiger partial charge in [0.2, 0.25) is 0 Å². The average molecular weight is 368 g/mol. The highest BCUT2D eigenvalue weighted by molar-refractivity contribution is 7.07. The number of nitrogens with one attached hydrogen (secondary N) is 1. The van der Waals surface area contributed by atoms with Crippen molar-refractivity contribution in [1.82, 2.24) is 15.2 Å². The Morgan fingerprint density at radius 1 is 1.12 bits per heavy atom. The van der Waals surface area contributed by atoms with Gasteiger partial charge in [0.05, 0.1) is 11.2 Å². The van der Waals surface area contributed by atoms with Crippen molar-refractivity contribution >= 4 is 11.3 Å². The molecule has 0 fully saturated rings. The summed E-state index contributed by atoms with van der Waals surface area (Å²) in [7, 11) is 4.11. The molecule has 1 N–H and O–H groups in total. The van der Waals surface area contributed by atoms with Crippen LogP contribution in [-0.4, -0.2) is 37.1 Å². The largest absolute Gasteiger partial charge is 0.489 e. The molecule has 136 valence electrons. The molecule has 0 saturated carbocycles. The summed E-state index contributed by atoms with van der Waals surface area (Å²) in [5.74, 6) is 0.951. The Morgan fingerprint density at radius 2 is 1.92 bits per heavy atom. The van der Waals surface area contributed by atoms with Crippen LogP contribution in [0.4, 0.5) is 0 Å². The van der Waals surface area contributed by atoms with E-state index >= 15 is 0 Å². The second kappa shape index (κ2) is 9.48. The van der Waals surface area contributed by atoms with Gasteiger partial charge >= 0.3 is 0 Å². The number of benzene rings is 2. The second-order valence-corrected chi connectivity index (χ2v) is 7.03. The van der Waals surface area contributed by atoms with Gasteiger partial charge in [0.25, 0.3) is 0 Å². The maximum absolute atomic E-state index is 6.10. The molecule has 0 radical (unpaired) electrons. The number of thiazole rings is 1. The van der Waals surface area contributed by atoms with Crippen molar-refractivity contribution in [2.24, 2.45) is 0 Å². The standard InChI is InChI=1S/C21H25N3OS/c1-22-11-12-24(2)13-19-5-3-4-6-21(19)25-14-17-7-9-18(10-8-17)20-15-26-16-23-20/h3-10,15-16,22H,11-14H2,1-2H3. The smallest absolute Gasteiger partial charge is 0.124 e. The fraction of sp³-hybridized carbons (Fsp3) is 0.286. The quantitative estimate of drug-likeness (QED) is 0.619. The van der Waals surface area contributed by atoms with Gasteiger partial charge in [-0.2, -0.15) is 0 Å². The molecule has 0 amide bonds. The molecular formula is C21H25N3OS. The minimum Gasteiger partial charge on any atom is -0.489 e. The van der Waals surface area contributed by atoms with E-state index in [1.54, 1.807) is 11.3 Å². The van der Waals surface area contributed by atoms with E-state index in [2.05, 4.69) is 64.0 Å². The molecular weight excluding hydrogens is 342 g/mol. The van der Waals surface area contributed by atoms with Crippen LogP contribution in [0.5, 0.6) is 5.75 Å². The Morgan fingerprint density at radius 3 is 2.65 bits per heavy atom. The van der Waals surface area contributed by atoms with Crippen LogP contribution in [0.15, 0.2) is 59.4 Å². The molecule has 0 atom stereocenters. The average Bonchev–Trinajstić information content (AvgIpc) is 3.21. The summed E-state index contributed by atoms with van der Waals surface area (Å²) < 4.78 is 6.10. The van der Waals surface area contributed by atoms with Gasteiger partial charge in [-0.05, 0) is 25.7 Å². The summed E-state index contributed by atoms with van der Waals surface area (Å²) in [5, 5.41) is 5.25. The number of para-hydroxylation sites is 1. The van der Waals surface area contributed by atoms with E-state index in [1.165, 1.54) is 5.56 Å². The first-order chi connectivity index (χ1) is 12.8. The summed E-state index contributed by atoms with van der Waals surface area (Å²) in [6.07, 6.45) is 0. The van der Waals surface area contributed by atoms with Crippen molar-refractivity contribution in [3.8, 4) is 17.0 Å². The fourth-order valence-corrected chi connectivity index (χ4v) is 3.30. The Hall–Kier alpha value is -2.21. The molecule has 0 bridgehead atoms. The number of hydrogen-bond donors (Lipinski definition) is 1. The van der Waals surface area contributed by atoms with Crippen molar-refractivity contribution in [3.05, 3.63) is 70.5 Å². The number of aromatic nitrogens is 1. The fourth-order valence-electron chi connectivity index (χ4n) is 2.74. The second-order valence-electron chi connectivity index (χ2n) is 6.31. The normalized spacial score (nSPS) is 11.0. The maximum Gasteiger partial charge on any atom is 0.124 e.